The molecule has 2 aromatic rings. The van der Waals surface area contributed by atoms with Crippen LogP contribution >= 0.6 is 0 Å². The Kier molecular flexibility index (Phi) is 5.12. The smallest absolute Gasteiger partial charge is 0.151 e. The quantitative estimate of drug-likeness (QED) is 0.786. The van der Waals surface area contributed by atoms with Crippen LogP contribution in [-0.4, -0.2) is 23.8 Å². The topological polar surface area (TPSA) is 54.2 Å². The maximum absolute atomic E-state index is 5.30. The highest BCUT2D eigenvalue weighted by molar-refractivity contribution is 5.37. The molecule has 108 valence electrons. The van der Waals surface area contributed by atoms with E-state index in [1.165, 1.54) is 5.56 Å². The Bertz CT molecular complexity index is 521. The first-order valence-electron chi connectivity index (χ1n) is 6.98. The number of nitrogens with one attached hydrogen (secondary N) is 1. The number of anilines is 1. The lowest BCUT2D eigenvalue weighted by atomic mass is 10.2. The van der Waals surface area contributed by atoms with E-state index in [1.54, 1.807) is 6.26 Å². The Morgan fingerprint density at radius 1 is 1.25 bits per heavy atom. The number of aromatic nitrogens is 2. The molecule has 0 unspecified atom stereocenters. The third-order valence-electron chi connectivity index (χ3n) is 3.20. The molecule has 0 spiro atoms. The van der Waals surface area contributed by atoms with Crippen molar-refractivity contribution in [1.82, 2.24) is 15.5 Å². The lowest BCUT2D eigenvalue weighted by Gasteiger charge is -2.17. The molecule has 0 amide bonds. The molecule has 0 fully saturated rings. The zero-order valence-electron chi connectivity index (χ0n) is 12.4. The molecule has 2 rings (SSSR count). The summed E-state index contributed by atoms with van der Waals surface area (Å²) in [7, 11) is 2.01. The third-order valence-corrected chi connectivity index (χ3v) is 3.20. The predicted octanol–water partition coefficient (Wildman–Crippen LogP) is 2.51. The van der Waals surface area contributed by atoms with Gasteiger partial charge in [0.1, 0.15) is 5.76 Å². The van der Waals surface area contributed by atoms with E-state index in [0.29, 0.717) is 0 Å². The minimum absolute atomic E-state index is 0.768. The average Bonchev–Trinajstić information content (AvgIpc) is 2.85. The number of hydrogen-bond donors (Lipinski definition) is 1. The number of aryl methyl sites for hydroxylation is 1. The van der Waals surface area contributed by atoms with Gasteiger partial charge in [0.2, 0.25) is 0 Å². The summed E-state index contributed by atoms with van der Waals surface area (Å²) in [6, 6.07) is 6.01. The van der Waals surface area contributed by atoms with Crippen molar-refractivity contribution < 1.29 is 4.42 Å². The third kappa shape index (κ3) is 3.81. The summed E-state index contributed by atoms with van der Waals surface area (Å²) in [5, 5.41) is 11.8. The lowest BCUT2D eigenvalue weighted by molar-refractivity contribution is 0.529. The van der Waals surface area contributed by atoms with E-state index in [-0.39, 0.29) is 0 Å². The molecule has 0 aliphatic carbocycles. The number of furan rings is 1. The van der Waals surface area contributed by atoms with Gasteiger partial charge in [-0.05, 0) is 38.1 Å². The van der Waals surface area contributed by atoms with Crippen LogP contribution in [-0.2, 0) is 13.1 Å². The van der Waals surface area contributed by atoms with Crippen LogP contribution in [0.4, 0.5) is 5.82 Å². The summed E-state index contributed by atoms with van der Waals surface area (Å²) < 4.78 is 5.30. The zero-order valence-corrected chi connectivity index (χ0v) is 12.4. The fraction of sp³-hybridized carbons (Fsp3) is 0.467. The van der Waals surface area contributed by atoms with Crippen LogP contribution in [0, 0.1) is 6.92 Å². The van der Waals surface area contributed by atoms with Crippen molar-refractivity contribution in [3.05, 3.63) is 41.5 Å². The van der Waals surface area contributed by atoms with Crippen LogP contribution in [0.25, 0.3) is 0 Å². The van der Waals surface area contributed by atoms with Crippen molar-refractivity contribution in [2.24, 2.45) is 0 Å². The van der Waals surface area contributed by atoms with E-state index in [2.05, 4.69) is 27.3 Å². The predicted molar refractivity (Wildman–Crippen MR) is 79.6 cm³/mol. The molecule has 0 saturated heterocycles. The van der Waals surface area contributed by atoms with Gasteiger partial charge in [0.15, 0.2) is 5.82 Å². The van der Waals surface area contributed by atoms with Gasteiger partial charge in [-0.25, -0.2) is 0 Å². The molecule has 2 aromatic heterocycles. The summed E-state index contributed by atoms with van der Waals surface area (Å²) in [5.74, 6) is 1.81. The van der Waals surface area contributed by atoms with E-state index < -0.39 is 0 Å². The molecule has 5 heteroatoms. The van der Waals surface area contributed by atoms with E-state index >= 15 is 0 Å². The monoisotopic (exact) mass is 274 g/mol. The normalized spacial score (nSPS) is 10.8. The van der Waals surface area contributed by atoms with Crippen molar-refractivity contribution in [2.75, 3.05) is 18.5 Å². The molecule has 0 radical (unpaired) electrons. The minimum atomic E-state index is 0.768. The molecule has 0 aliphatic heterocycles. The van der Waals surface area contributed by atoms with Crippen molar-refractivity contribution in [2.45, 2.75) is 33.4 Å². The molecule has 2 heterocycles. The van der Waals surface area contributed by atoms with Crippen LogP contribution in [0.5, 0.6) is 0 Å². The maximum atomic E-state index is 5.30. The molecule has 20 heavy (non-hydrogen) atoms. The van der Waals surface area contributed by atoms with Crippen molar-refractivity contribution >= 4 is 5.82 Å². The lowest BCUT2D eigenvalue weighted by Crippen LogP contribution is -2.19. The van der Waals surface area contributed by atoms with Gasteiger partial charge in [0, 0.05) is 25.7 Å². The van der Waals surface area contributed by atoms with Crippen molar-refractivity contribution in [3.8, 4) is 0 Å². The zero-order chi connectivity index (χ0) is 14.4. The molecule has 0 bridgehead atoms. The minimum Gasteiger partial charge on any atom is -0.469 e. The average molecular weight is 274 g/mol. The van der Waals surface area contributed by atoms with E-state index in [9.17, 15) is 0 Å². The fourth-order valence-electron chi connectivity index (χ4n) is 1.96. The van der Waals surface area contributed by atoms with Gasteiger partial charge in [-0.3, -0.25) is 0 Å². The first-order valence-corrected chi connectivity index (χ1v) is 6.98. The summed E-state index contributed by atoms with van der Waals surface area (Å²) in [4.78, 5) is 2.06. The number of rotatable bonds is 7. The van der Waals surface area contributed by atoms with Crippen molar-refractivity contribution in [3.63, 3.8) is 0 Å². The van der Waals surface area contributed by atoms with Gasteiger partial charge in [-0.2, -0.15) is 5.10 Å². The standard InChI is InChI=1S/C15H22N4O/c1-4-8-16-10-14-5-6-15(18-17-14)19(3)11-13-7-9-20-12(13)2/h5-7,9,16H,4,8,10-11H2,1-3H3. The second-order valence-corrected chi connectivity index (χ2v) is 4.92. The Morgan fingerprint density at radius 2 is 2.10 bits per heavy atom. The molecule has 0 saturated carbocycles. The second-order valence-electron chi connectivity index (χ2n) is 4.92. The molecule has 0 aromatic carbocycles. The Labute approximate surface area is 120 Å². The molecule has 0 atom stereocenters. The summed E-state index contributed by atoms with van der Waals surface area (Å²) >= 11 is 0. The van der Waals surface area contributed by atoms with Crippen LogP contribution in [0.2, 0.25) is 0 Å². The van der Waals surface area contributed by atoms with Gasteiger partial charge in [-0.15, -0.1) is 5.10 Å². The van der Waals surface area contributed by atoms with E-state index in [0.717, 1.165) is 43.3 Å². The van der Waals surface area contributed by atoms with Crippen LogP contribution in [0.1, 0.15) is 30.4 Å². The number of nitrogens with zero attached hydrogens (tertiary/aromatic N) is 3. The Morgan fingerprint density at radius 3 is 2.70 bits per heavy atom. The van der Waals surface area contributed by atoms with Crippen molar-refractivity contribution in [1.29, 1.82) is 0 Å². The SMILES string of the molecule is CCCNCc1ccc(N(C)Cc2ccoc2C)nn1. The first kappa shape index (κ1) is 14.5. The molecule has 1 N–H and O–H groups in total. The molecule has 0 aliphatic rings. The summed E-state index contributed by atoms with van der Waals surface area (Å²) in [6.07, 6.45) is 2.84. The second kappa shape index (κ2) is 7.05. The first-order chi connectivity index (χ1) is 9.70. The van der Waals surface area contributed by atoms with Gasteiger partial charge in [-0.1, -0.05) is 6.92 Å². The summed E-state index contributed by atoms with van der Waals surface area (Å²) in [6.45, 7) is 6.66. The summed E-state index contributed by atoms with van der Waals surface area (Å²) in [5.41, 5.74) is 2.14. The maximum Gasteiger partial charge on any atom is 0.151 e. The highest BCUT2D eigenvalue weighted by atomic mass is 16.3. The largest absolute Gasteiger partial charge is 0.469 e. The van der Waals surface area contributed by atoms with Crippen LogP contribution in [0.3, 0.4) is 0 Å². The molecular formula is C15H22N4O. The van der Waals surface area contributed by atoms with Gasteiger partial charge in [0.05, 0.1) is 12.0 Å². The van der Waals surface area contributed by atoms with Gasteiger partial charge >= 0.3 is 0 Å². The fourth-order valence-corrected chi connectivity index (χ4v) is 1.96. The number of hydrogen-bond acceptors (Lipinski definition) is 5. The Hall–Kier alpha value is -1.88. The highest BCUT2D eigenvalue weighted by Crippen LogP contribution is 2.15. The molecule has 5 nitrogen and oxygen atoms in total. The van der Waals surface area contributed by atoms with E-state index in [1.807, 2.05) is 32.2 Å². The Balaban J connectivity index is 1.93. The highest BCUT2D eigenvalue weighted by Gasteiger charge is 2.08. The molecular weight excluding hydrogens is 252 g/mol. The van der Waals surface area contributed by atoms with Gasteiger partial charge < -0.3 is 14.6 Å². The van der Waals surface area contributed by atoms with E-state index in [4.69, 9.17) is 4.42 Å². The van der Waals surface area contributed by atoms with Crippen LogP contribution in [0.15, 0.2) is 28.9 Å². The van der Waals surface area contributed by atoms with Crippen LogP contribution < -0.4 is 10.2 Å². The van der Waals surface area contributed by atoms with Gasteiger partial charge in [0.25, 0.3) is 0 Å².